The van der Waals surface area contributed by atoms with Gasteiger partial charge in [0, 0.05) is 0 Å². The molecule has 0 aliphatic heterocycles. The van der Waals surface area contributed by atoms with E-state index in [-0.39, 0.29) is 0 Å². The number of ether oxygens (including phenoxy) is 2. The first-order valence-electron chi connectivity index (χ1n) is 4.13. The van der Waals surface area contributed by atoms with Crippen LogP contribution in [0.1, 0.15) is 12.5 Å². The van der Waals surface area contributed by atoms with Crippen molar-refractivity contribution in [2.24, 2.45) is 0 Å². The van der Waals surface area contributed by atoms with Gasteiger partial charge in [-0.25, -0.2) is 0 Å². The number of hydrogen-bond donors (Lipinski definition) is 0. The summed E-state index contributed by atoms with van der Waals surface area (Å²) in [7, 11) is 0. The minimum atomic E-state index is 0.315. The van der Waals surface area contributed by atoms with E-state index in [9.17, 15) is 4.79 Å². The first kappa shape index (κ1) is 9.58. The maximum Gasteiger partial charge on any atom is 0.293 e. The Balaban J connectivity index is 2.53. The van der Waals surface area contributed by atoms with Gasteiger partial charge in [-0.05, 0) is 24.6 Å². The van der Waals surface area contributed by atoms with Gasteiger partial charge >= 0.3 is 0 Å². The zero-order chi connectivity index (χ0) is 9.52. The predicted octanol–water partition coefficient (Wildman–Crippen LogP) is 1.76. The lowest BCUT2D eigenvalue weighted by Crippen LogP contribution is -1.93. The summed E-state index contributed by atoms with van der Waals surface area (Å²) in [6.45, 7) is 3.35. The van der Waals surface area contributed by atoms with Gasteiger partial charge in [0.15, 0.2) is 0 Å². The van der Waals surface area contributed by atoms with Crippen LogP contribution in [0.25, 0.3) is 0 Å². The molecule has 0 fully saturated rings. The normalized spacial score (nSPS) is 9.31. The lowest BCUT2D eigenvalue weighted by Gasteiger charge is -2.03. The first-order valence-corrected chi connectivity index (χ1v) is 4.13. The molecule has 0 bridgehead atoms. The molecule has 1 aromatic carbocycles. The van der Waals surface area contributed by atoms with E-state index < -0.39 is 0 Å². The van der Waals surface area contributed by atoms with Gasteiger partial charge in [-0.1, -0.05) is 12.1 Å². The molecule has 0 saturated heterocycles. The van der Waals surface area contributed by atoms with Crippen LogP contribution in [-0.2, 0) is 16.1 Å². The van der Waals surface area contributed by atoms with Crippen LogP contribution >= 0.6 is 0 Å². The summed E-state index contributed by atoms with van der Waals surface area (Å²) in [6, 6.07) is 7.45. The number of benzene rings is 1. The average molecular weight is 180 g/mol. The molecular formula is C10H12O3. The molecule has 0 atom stereocenters. The Labute approximate surface area is 77.3 Å². The maximum atomic E-state index is 9.90. The van der Waals surface area contributed by atoms with Gasteiger partial charge in [0.05, 0.1) is 6.61 Å². The second-order valence-corrected chi connectivity index (χ2v) is 2.48. The summed E-state index contributed by atoms with van der Waals surface area (Å²) in [5, 5.41) is 0. The lowest BCUT2D eigenvalue weighted by atomic mass is 10.2. The molecule has 0 aromatic heterocycles. The number of rotatable bonds is 5. The van der Waals surface area contributed by atoms with E-state index >= 15 is 0 Å². The monoisotopic (exact) mass is 180 g/mol. The van der Waals surface area contributed by atoms with Crippen LogP contribution in [0.3, 0.4) is 0 Å². The lowest BCUT2D eigenvalue weighted by molar-refractivity contribution is -0.129. The quantitative estimate of drug-likeness (QED) is 0.648. The third kappa shape index (κ3) is 3.15. The van der Waals surface area contributed by atoms with Crippen LogP contribution in [0.4, 0.5) is 0 Å². The highest BCUT2D eigenvalue weighted by molar-refractivity contribution is 5.37. The van der Waals surface area contributed by atoms with E-state index in [4.69, 9.17) is 4.74 Å². The van der Waals surface area contributed by atoms with Crippen LogP contribution < -0.4 is 4.74 Å². The minimum Gasteiger partial charge on any atom is -0.494 e. The van der Waals surface area contributed by atoms with E-state index in [0.29, 0.717) is 19.7 Å². The summed E-state index contributed by atoms with van der Waals surface area (Å²) in [6.07, 6.45) is 0. The third-order valence-electron chi connectivity index (χ3n) is 1.55. The largest absolute Gasteiger partial charge is 0.494 e. The summed E-state index contributed by atoms with van der Waals surface area (Å²) >= 11 is 0. The van der Waals surface area contributed by atoms with E-state index in [2.05, 4.69) is 4.74 Å². The van der Waals surface area contributed by atoms with E-state index in [0.717, 1.165) is 11.3 Å². The molecule has 0 heterocycles. The molecule has 3 nitrogen and oxygen atoms in total. The van der Waals surface area contributed by atoms with Crippen molar-refractivity contribution in [1.29, 1.82) is 0 Å². The van der Waals surface area contributed by atoms with E-state index in [1.165, 1.54) is 0 Å². The molecule has 1 aromatic rings. The highest BCUT2D eigenvalue weighted by Crippen LogP contribution is 2.12. The van der Waals surface area contributed by atoms with Gasteiger partial charge in [0.2, 0.25) is 0 Å². The molecule has 0 N–H and O–H groups in total. The number of carbonyl (C=O) groups excluding carboxylic acids is 1. The zero-order valence-corrected chi connectivity index (χ0v) is 7.53. The van der Waals surface area contributed by atoms with E-state index in [1.54, 1.807) is 0 Å². The highest BCUT2D eigenvalue weighted by atomic mass is 16.5. The van der Waals surface area contributed by atoms with Gasteiger partial charge in [-0.15, -0.1) is 0 Å². The van der Waals surface area contributed by atoms with Crippen LogP contribution in [-0.4, -0.2) is 13.1 Å². The molecule has 13 heavy (non-hydrogen) atoms. The highest BCUT2D eigenvalue weighted by Gasteiger charge is 1.94. The van der Waals surface area contributed by atoms with Crippen molar-refractivity contribution in [1.82, 2.24) is 0 Å². The fourth-order valence-corrected chi connectivity index (χ4v) is 0.979. The molecule has 1 rings (SSSR count). The van der Waals surface area contributed by atoms with Gasteiger partial charge in [0.25, 0.3) is 6.47 Å². The van der Waals surface area contributed by atoms with Gasteiger partial charge in [-0.2, -0.15) is 0 Å². The Kier molecular flexibility index (Phi) is 3.82. The van der Waals surface area contributed by atoms with Crippen molar-refractivity contribution >= 4 is 6.47 Å². The van der Waals surface area contributed by atoms with Crippen LogP contribution in [0.15, 0.2) is 24.3 Å². The molecule has 3 heteroatoms. The van der Waals surface area contributed by atoms with Gasteiger partial charge in [-0.3, -0.25) is 4.79 Å². The second kappa shape index (κ2) is 5.19. The Morgan fingerprint density at radius 2 is 2.00 bits per heavy atom. The topological polar surface area (TPSA) is 35.5 Å². The molecule has 0 aliphatic rings. The number of hydrogen-bond acceptors (Lipinski definition) is 3. The van der Waals surface area contributed by atoms with Crippen LogP contribution in [0, 0.1) is 0 Å². The number of carbonyl (C=O) groups is 1. The summed E-state index contributed by atoms with van der Waals surface area (Å²) in [5.74, 6) is 0.831. The zero-order valence-electron chi connectivity index (χ0n) is 7.53. The van der Waals surface area contributed by atoms with Crippen molar-refractivity contribution in [2.75, 3.05) is 6.61 Å². The molecule has 0 aliphatic carbocycles. The standard InChI is InChI=1S/C10H12O3/c1-2-13-10-5-3-9(4-6-10)7-12-8-11/h3-6,8H,2,7H2,1H3. The molecular weight excluding hydrogens is 168 g/mol. The Hall–Kier alpha value is -1.51. The van der Waals surface area contributed by atoms with Crippen molar-refractivity contribution < 1.29 is 14.3 Å². The fraction of sp³-hybridized carbons (Fsp3) is 0.300. The molecule has 70 valence electrons. The second-order valence-electron chi connectivity index (χ2n) is 2.48. The van der Waals surface area contributed by atoms with Crippen molar-refractivity contribution in [2.45, 2.75) is 13.5 Å². The maximum absolute atomic E-state index is 9.90. The molecule has 0 unspecified atom stereocenters. The van der Waals surface area contributed by atoms with Crippen LogP contribution in [0.5, 0.6) is 5.75 Å². The Morgan fingerprint density at radius 1 is 1.31 bits per heavy atom. The SMILES string of the molecule is CCOc1ccc(COC=O)cc1. The van der Waals surface area contributed by atoms with Gasteiger partial charge < -0.3 is 9.47 Å². The molecule has 0 saturated carbocycles. The Bertz CT molecular complexity index is 253. The third-order valence-corrected chi connectivity index (χ3v) is 1.55. The van der Waals surface area contributed by atoms with E-state index in [1.807, 2.05) is 31.2 Å². The first-order chi connectivity index (χ1) is 6.36. The minimum absolute atomic E-state index is 0.315. The smallest absolute Gasteiger partial charge is 0.293 e. The summed E-state index contributed by atoms with van der Waals surface area (Å²) in [5.41, 5.74) is 0.954. The van der Waals surface area contributed by atoms with Gasteiger partial charge in [0.1, 0.15) is 12.4 Å². The molecule has 0 spiro atoms. The van der Waals surface area contributed by atoms with Crippen LogP contribution in [0.2, 0.25) is 0 Å². The van der Waals surface area contributed by atoms with Crippen molar-refractivity contribution in [3.63, 3.8) is 0 Å². The summed E-state index contributed by atoms with van der Waals surface area (Å²) in [4.78, 5) is 9.90. The Morgan fingerprint density at radius 3 is 2.54 bits per heavy atom. The molecule has 0 amide bonds. The van der Waals surface area contributed by atoms with Crippen molar-refractivity contribution in [3.05, 3.63) is 29.8 Å². The average Bonchev–Trinajstić information content (AvgIpc) is 2.17. The predicted molar refractivity (Wildman–Crippen MR) is 48.5 cm³/mol. The summed E-state index contributed by atoms with van der Waals surface area (Å²) < 4.78 is 9.85. The van der Waals surface area contributed by atoms with Crippen molar-refractivity contribution in [3.8, 4) is 5.75 Å². The fourth-order valence-electron chi connectivity index (χ4n) is 0.979. The molecule has 0 radical (unpaired) electrons.